The Morgan fingerprint density at radius 2 is 2.13 bits per heavy atom. The number of carbonyl (C=O) groups excluding carboxylic acids is 3. The van der Waals surface area contributed by atoms with Gasteiger partial charge in [0.15, 0.2) is 0 Å². The number of ether oxygens (including phenoxy) is 1. The van der Waals surface area contributed by atoms with Crippen molar-refractivity contribution in [1.82, 2.24) is 19.4 Å². The number of nitrogens with zero attached hydrogens (tertiary/aromatic N) is 4. The number of imidazole rings is 1. The lowest BCUT2D eigenvalue weighted by molar-refractivity contribution is -0.163. The zero-order chi connectivity index (χ0) is 27.7. The quantitative estimate of drug-likeness (QED) is 0.270. The van der Waals surface area contributed by atoms with Crippen molar-refractivity contribution in [2.45, 2.75) is 63.1 Å². The molecule has 0 bridgehead atoms. The smallest absolute Gasteiger partial charge is 0.410 e. The third kappa shape index (κ3) is 5.17. The molecule has 1 aromatic rings. The second-order valence-electron chi connectivity index (χ2n) is 9.89. The fourth-order valence-corrected chi connectivity index (χ4v) is 7.25. The largest absolute Gasteiger partial charge is 0.477 e. The number of primary amides is 1. The minimum Gasteiger partial charge on any atom is -0.477 e. The van der Waals surface area contributed by atoms with Crippen LogP contribution in [0.4, 0.5) is 4.79 Å². The van der Waals surface area contributed by atoms with E-state index in [1.807, 2.05) is 11.5 Å². The van der Waals surface area contributed by atoms with E-state index in [1.54, 1.807) is 24.2 Å². The van der Waals surface area contributed by atoms with Crippen LogP contribution in [0.1, 0.15) is 32.5 Å². The van der Waals surface area contributed by atoms with E-state index in [4.69, 9.17) is 10.5 Å². The number of aryl methyl sites for hydroxylation is 1. The summed E-state index contributed by atoms with van der Waals surface area (Å²) < 4.78 is 7.14. The normalized spacial score (nSPS) is 27.2. The van der Waals surface area contributed by atoms with Crippen molar-refractivity contribution < 1.29 is 34.1 Å². The summed E-state index contributed by atoms with van der Waals surface area (Å²) in [5.74, 6) is -2.40. The van der Waals surface area contributed by atoms with Gasteiger partial charge in [-0.1, -0.05) is 19.6 Å². The van der Waals surface area contributed by atoms with Gasteiger partial charge in [-0.05, 0) is 19.8 Å². The van der Waals surface area contributed by atoms with Gasteiger partial charge in [-0.15, -0.1) is 11.8 Å². The molecule has 2 fully saturated rings. The van der Waals surface area contributed by atoms with Crippen LogP contribution in [0.2, 0.25) is 0 Å². The van der Waals surface area contributed by atoms with E-state index in [2.05, 4.69) is 11.6 Å². The van der Waals surface area contributed by atoms with Crippen LogP contribution in [0.3, 0.4) is 0 Å². The van der Waals surface area contributed by atoms with Crippen molar-refractivity contribution in [2.24, 2.45) is 17.6 Å². The highest BCUT2D eigenvalue weighted by molar-refractivity contribution is 8.03. The number of aliphatic carboxylic acids is 1. The van der Waals surface area contributed by atoms with Crippen molar-refractivity contribution in [2.75, 3.05) is 13.2 Å². The Morgan fingerprint density at radius 3 is 2.76 bits per heavy atom. The maximum Gasteiger partial charge on any atom is 0.410 e. The lowest BCUT2D eigenvalue weighted by Crippen LogP contribution is -2.63. The van der Waals surface area contributed by atoms with E-state index >= 15 is 0 Å². The lowest BCUT2D eigenvalue weighted by atomic mass is 9.79. The molecule has 3 aliphatic rings. The highest BCUT2D eigenvalue weighted by atomic mass is 32.2. The van der Waals surface area contributed by atoms with Gasteiger partial charge in [0.25, 0.3) is 0 Å². The molecule has 2 saturated heterocycles. The number of thioether (sulfide) groups is 1. The van der Waals surface area contributed by atoms with Gasteiger partial charge in [-0.3, -0.25) is 9.59 Å². The summed E-state index contributed by atoms with van der Waals surface area (Å²) in [6.45, 7) is 7.90. The number of likely N-dealkylation sites (tertiary alicyclic amines) is 1. The van der Waals surface area contributed by atoms with Crippen LogP contribution in [-0.2, 0) is 32.1 Å². The molecule has 0 aliphatic carbocycles. The Kier molecular flexibility index (Phi) is 8.16. The Morgan fingerprint density at radius 1 is 1.39 bits per heavy atom. The van der Waals surface area contributed by atoms with Gasteiger partial charge in [0.2, 0.25) is 11.8 Å². The molecule has 0 aromatic carbocycles. The molecule has 0 radical (unpaired) electrons. The standard InChI is InChI=1S/C25H33N5O7S/c1-4-9-37-25(36)29-12-16(10-15(29)5-7-28-8-6-27-18(28)11-17(26)32)38-22-13(2)20-19(14(3)31)23(33)30(20)21(22)24(34)35/h4,6,8,13-16,19-20,31H,1,5,7,9-12H2,2-3H3,(H2,26,32)(H,34,35)/t13-,14-,15-,16+,19-,20-/m1/s1. The van der Waals surface area contributed by atoms with Gasteiger partial charge in [-0.2, -0.15) is 0 Å². The van der Waals surface area contributed by atoms with Gasteiger partial charge in [0, 0.05) is 47.6 Å². The van der Waals surface area contributed by atoms with Gasteiger partial charge >= 0.3 is 12.1 Å². The monoisotopic (exact) mass is 547 g/mol. The molecule has 4 N–H and O–H groups in total. The van der Waals surface area contributed by atoms with Gasteiger partial charge in [-0.25, -0.2) is 14.6 Å². The van der Waals surface area contributed by atoms with Crippen molar-refractivity contribution in [3.05, 3.63) is 41.5 Å². The summed E-state index contributed by atoms with van der Waals surface area (Å²) in [6, 6.07) is -0.602. The van der Waals surface area contributed by atoms with Crippen LogP contribution in [0.15, 0.2) is 35.7 Å². The second kappa shape index (κ2) is 11.2. The third-order valence-electron chi connectivity index (χ3n) is 7.38. The number of hydrogen-bond acceptors (Lipinski definition) is 8. The van der Waals surface area contributed by atoms with E-state index in [1.165, 1.54) is 22.7 Å². The van der Waals surface area contributed by atoms with Gasteiger partial charge in [0.1, 0.15) is 18.1 Å². The number of aliphatic hydroxyl groups is 1. The summed E-state index contributed by atoms with van der Waals surface area (Å²) in [7, 11) is 0. The molecule has 4 heterocycles. The molecule has 0 saturated carbocycles. The van der Waals surface area contributed by atoms with Crippen molar-refractivity contribution in [1.29, 1.82) is 0 Å². The van der Waals surface area contributed by atoms with Crippen molar-refractivity contribution in [3.8, 4) is 0 Å². The number of carboxylic acid groups (broad SMARTS) is 1. The summed E-state index contributed by atoms with van der Waals surface area (Å²) in [6.07, 6.45) is 4.61. The molecule has 4 rings (SSSR count). The molecular formula is C25H33N5O7S. The Labute approximate surface area is 224 Å². The first-order valence-corrected chi connectivity index (χ1v) is 13.4. The molecular weight excluding hydrogens is 514 g/mol. The summed E-state index contributed by atoms with van der Waals surface area (Å²) >= 11 is 1.38. The number of carboxylic acids is 1. The van der Waals surface area contributed by atoms with E-state index in [-0.39, 0.29) is 41.8 Å². The molecule has 13 heteroatoms. The number of amides is 3. The summed E-state index contributed by atoms with van der Waals surface area (Å²) in [5.41, 5.74) is 5.29. The number of aliphatic hydroxyl groups excluding tert-OH is 1. The number of hydrogen-bond donors (Lipinski definition) is 3. The predicted octanol–water partition coefficient (Wildman–Crippen LogP) is 0.953. The predicted molar refractivity (Wildman–Crippen MR) is 137 cm³/mol. The molecule has 6 atom stereocenters. The van der Waals surface area contributed by atoms with Crippen LogP contribution in [0.5, 0.6) is 0 Å². The van der Waals surface area contributed by atoms with Crippen LogP contribution in [0, 0.1) is 11.8 Å². The first kappa shape index (κ1) is 27.7. The van der Waals surface area contributed by atoms with E-state index in [0.29, 0.717) is 36.7 Å². The van der Waals surface area contributed by atoms with Crippen LogP contribution < -0.4 is 5.73 Å². The number of carbonyl (C=O) groups is 4. The fourth-order valence-electron chi connectivity index (χ4n) is 5.68. The molecule has 0 unspecified atom stereocenters. The molecule has 12 nitrogen and oxygen atoms in total. The Balaban J connectivity index is 1.52. The number of fused-ring (bicyclic) bond motifs is 1. The zero-order valence-corrected chi connectivity index (χ0v) is 22.2. The fraction of sp³-hybridized carbons (Fsp3) is 0.560. The van der Waals surface area contributed by atoms with Crippen molar-refractivity contribution >= 4 is 35.6 Å². The Bertz CT molecular complexity index is 1160. The van der Waals surface area contributed by atoms with Gasteiger partial charge in [0.05, 0.1) is 24.5 Å². The SMILES string of the molecule is C=CCOC(=O)N1C[C@@H](SC2=C(C(=O)O)N3C(=O)[C@H]([C@@H](C)O)[C@H]3[C@H]2C)C[C@H]1CCn1ccnc1CC(N)=O. The van der Waals surface area contributed by atoms with E-state index < -0.39 is 36.0 Å². The number of rotatable bonds is 11. The van der Waals surface area contributed by atoms with E-state index in [0.717, 1.165) is 0 Å². The molecule has 1 aromatic heterocycles. The summed E-state index contributed by atoms with van der Waals surface area (Å²) in [4.78, 5) is 56.8. The molecule has 38 heavy (non-hydrogen) atoms. The second-order valence-corrected chi connectivity index (χ2v) is 11.2. The number of nitrogens with two attached hydrogens (primary N) is 1. The molecule has 206 valence electrons. The maximum atomic E-state index is 12.9. The average molecular weight is 548 g/mol. The number of aromatic nitrogens is 2. The third-order valence-corrected chi connectivity index (χ3v) is 8.87. The molecule has 3 amide bonds. The summed E-state index contributed by atoms with van der Waals surface area (Å²) in [5, 5.41) is 19.9. The highest BCUT2D eigenvalue weighted by Crippen LogP contribution is 2.52. The highest BCUT2D eigenvalue weighted by Gasteiger charge is 2.60. The topological polar surface area (TPSA) is 168 Å². The van der Waals surface area contributed by atoms with Crippen LogP contribution in [0.25, 0.3) is 0 Å². The first-order valence-electron chi connectivity index (χ1n) is 12.5. The minimum atomic E-state index is -1.18. The zero-order valence-electron chi connectivity index (χ0n) is 21.4. The first-order chi connectivity index (χ1) is 18.0. The number of β-lactam (4-membered cyclic amide) rings is 1. The van der Waals surface area contributed by atoms with E-state index in [9.17, 15) is 29.4 Å². The average Bonchev–Trinajstić information content (AvgIpc) is 3.51. The van der Waals surface area contributed by atoms with Crippen LogP contribution in [-0.4, -0.2) is 90.0 Å². The van der Waals surface area contributed by atoms with Crippen LogP contribution >= 0.6 is 11.8 Å². The van der Waals surface area contributed by atoms with Crippen molar-refractivity contribution in [3.63, 3.8) is 0 Å². The van der Waals surface area contributed by atoms with Gasteiger partial charge < -0.3 is 35.1 Å². The Hall–Kier alpha value is -3.32. The maximum absolute atomic E-state index is 12.9. The molecule has 3 aliphatic heterocycles. The molecule has 0 spiro atoms. The minimum absolute atomic E-state index is 0.00901. The lowest BCUT2D eigenvalue weighted by Gasteiger charge is -2.46.